The number of hydrogen-bond acceptors (Lipinski definition) is 5. The quantitative estimate of drug-likeness (QED) is 0.398. The predicted molar refractivity (Wildman–Crippen MR) is 137 cm³/mol. The maximum atomic E-state index is 12.7. The third-order valence-corrected chi connectivity index (χ3v) is 5.24. The van der Waals surface area contributed by atoms with E-state index in [0.29, 0.717) is 34.3 Å². The molecule has 0 saturated carbocycles. The highest BCUT2D eigenvalue weighted by Crippen LogP contribution is 2.27. The zero-order valence-corrected chi connectivity index (χ0v) is 20.3. The first kappa shape index (κ1) is 25.7. The summed E-state index contributed by atoms with van der Waals surface area (Å²) < 4.78 is 5.23. The summed E-state index contributed by atoms with van der Waals surface area (Å²) in [4.78, 5) is 39.3. The molecule has 35 heavy (non-hydrogen) atoms. The van der Waals surface area contributed by atoms with Gasteiger partial charge in [0.15, 0.2) is 0 Å². The number of methoxy groups -OCH3 is 1. The summed E-state index contributed by atoms with van der Waals surface area (Å²) in [5.41, 5.74) is 2.16. The summed E-state index contributed by atoms with van der Waals surface area (Å²) in [6.45, 7) is 0.277. The molecule has 0 atom stereocenters. The number of hydrogen-bond donors (Lipinski definition) is 3. The van der Waals surface area contributed by atoms with Crippen molar-refractivity contribution >= 4 is 40.7 Å². The molecule has 0 spiro atoms. The van der Waals surface area contributed by atoms with Crippen LogP contribution in [0.4, 0.5) is 11.4 Å². The molecule has 0 aliphatic rings. The Morgan fingerprint density at radius 2 is 1.49 bits per heavy atom. The van der Waals surface area contributed by atoms with E-state index in [1.54, 1.807) is 54.4 Å². The number of carbonyl (C=O) groups excluding carboxylic acids is 3. The molecule has 3 rings (SSSR count). The molecule has 0 unspecified atom stereocenters. The van der Waals surface area contributed by atoms with Gasteiger partial charge in [-0.1, -0.05) is 54.1 Å². The molecule has 0 aliphatic carbocycles. The maximum absolute atomic E-state index is 12.7. The second-order valence-corrected chi connectivity index (χ2v) is 8.26. The fourth-order valence-electron chi connectivity index (χ4n) is 3.37. The second-order valence-electron chi connectivity index (χ2n) is 7.83. The van der Waals surface area contributed by atoms with Gasteiger partial charge in [-0.2, -0.15) is 0 Å². The monoisotopic (exact) mass is 494 g/mol. The highest BCUT2D eigenvalue weighted by molar-refractivity contribution is 6.31. The van der Waals surface area contributed by atoms with Crippen LogP contribution in [-0.2, 0) is 16.1 Å². The van der Waals surface area contributed by atoms with Gasteiger partial charge in [0, 0.05) is 11.6 Å². The normalized spacial score (nSPS) is 10.5. The Labute approximate surface area is 209 Å². The van der Waals surface area contributed by atoms with Crippen molar-refractivity contribution in [2.45, 2.75) is 6.54 Å². The van der Waals surface area contributed by atoms with Crippen molar-refractivity contribution in [1.29, 1.82) is 0 Å². The number of ether oxygens (including phenoxy) is 1. The highest BCUT2D eigenvalue weighted by Gasteiger charge is 2.16. The molecule has 0 heterocycles. The molecule has 3 amide bonds. The molecule has 0 bridgehead atoms. The van der Waals surface area contributed by atoms with Crippen molar-refractivity contribution in [2.24, 2.45) is 0 Å². The van der Waals surface area contributed by atoms with Gasteiger partial charge in [-0.25, -0.2) is 0 Å². The van der Waals surface area contributed by atoms with E-state index in [9.17, 15) is 14.4 Å². The minimum atomic E-state index is -0.357. The van der Waals surface area contributed by atoms with Crippen molar-refractivity contribution in [3.05, 3.63) is 88.9 Å². The lowest BCUT2D eigenvalue weighted by atomic mass is 10.1. The second kappa shape index (κ2) is 12.5. The lowest BCUT2D eigenvalue weighted by Crippen LogP contribution is -2.36. The van der Waals surface area contributed by atoms with Gasteiger partial charge >= 0.3 is 0 Å². The van der Waals surface area contributed by atoms with Gasteiger partial charge in [0.2, 0.25) is 11.8 Å². The molecule has 3 aromatic rings. The molecule has 0 aromatic heterocycles. The Kier molecular flexibility index (Phi) is 9.23. The van der Waals surface area contributed by atoms with Gasteiger partial charge in [0.25, 0.3) is 5.91 Å². The molecule has 182 valence electrons. The third-order valence-electron chi connectivity index (χ3n) is 5.00. The lowest BCUT2D eigenvalue weighted by molar-refractivity contribution is -0.119. The van der Waals surface area contributed by atoms with Crippen molar-refractivity contribution in [3.63, 3.8) is 0 Å². The van der Waals surface area contributed by atoms with E-state index in [1.165, 1.54) is 7.11 Å². The van der Waals surface area contributed by atoms with E-state index in [-0.39, 0.29) is 30.8 Å². The van der Waals surface area contributed by atoms with Crippen LogP contribution in [0.2, 0.25) is 5.02 Å². The van der Waals surface area contributed by atoms with E-state index in [2.05, 4.69) is 16.0 Å². The summed E-state index contributed by atoms with van der Waals surface area (Å²) in [6.07, 6.45) is 0. The van der Waals surface area contributed by atoms with Gasteiger partial charge in [-0.05, 0) is 42.9 Å². The first-order valence-corrected chi connectivity index (χ1v) is 11.3. The summed E-state index contributed by atoms with van der Waals surface area (Å²) in [5, 5.41) is 8.81. The third kappa shape index (κ3) is 7.84. The van der Waals surface area contributed by atoms with Crippen LogP contribution in [0, 0.1) is 0 Å². The number of amides is 3. The zero-order valence-electron chi connectivity index (χ0n) is 19.5. The fraction of sp³-hybridized carbons (Fsp3) is 0.192. The lowest BCUT2D eigenvalue weighted by Gasteiger charge is -2.18. The van der Waals surface area contributed by atoms with Crippen LogP contribution < -0.4 is 20.7 Å². The topological polar surface area (TPSA) is 99.8 Å². The predicted octanol–water partition coefficient (Wildman–Crippen LogP) is 3.79. The number of rotatable bonds is 10. The Bertz CT molecular complexity index is 1190. The van der Waals surface area contributed by atoms with E-state index >= 15 is 0 Å². The number of para-hydroxylation sites is 1. The number of likely N-dealkylation sites (N-methyl/N-ethyl adjacent to an activating group) is 1. The van der Waals surface area contributed by atoms with E-state index in [4.69, 9.17) is 16.3 Å². The van der Waals surface area contributed by atoms with Crippen LogP contribution in [0.15, 0.2) is 72.8 Å². The molecule has 3 N–H and O–H groups in total. The van der Waals surface area contributed by atoms with Gasteiger partial charge in [0.05, 0.1) is 37.1 Å². The van der Waals surface area contributed by atoms with E-state index in [1.807, 2.05) is 30.3 Å². The number of benzene rings is 3. The molecule has 0 fully saturated rings. The molecular formula is C26H27ClN4O4. The van der Waals surface area contributed by atoms with Gasteiger partial charge in [0.1, 0.15) is 5.75 Å². The summed E-state index contributed by atoms with van der Waals surface area (Å²) in [7, 11) is 3.14. The molecule has 8 nitrogen and oxygen atoms in total. The van der Waals surface area contributed by atoms with Crippen LogP contribution in [0.5, 0.6) is 5.75 Å². The van der Waals surface area contributed by atoms with Gasteiger partial charge in [-0.15, -0.1) is 0 Å². The largest absolute Gasteiger partial charge is 0.495 e. The van der Waals surface area contributed by atoms with Crippen molar-refractivity contribution in [2.75, 3.05) is 37.9 Å². The number of anilines is 2. The molecular weight excluding hydrogens is 468 g/mol. The Morgan fingerprint density at radius 3 is 2.17 bits per heavy atom. The Balaban J connectivity index is 1.54. The molecule has 3 aromatic carbocycles. The standard InChI is InChI=1S/C26H27ClN4O4/c1-31(17-25(33)30-22-14-19(27)12-13-23(22)35-2)16-24(32)29-21-11-7-6-10-20(21)26(34)28-15-18-8-4-3-5-9-18/h3-14H,15-17H2,1-2H3,(H,28,34)(H,29,32)(H,30,33). The van der Waals surface area contributed by atoms with Crippen LogP contribution in [-0.4, -0.2) is 49.9 Å². The van der Waals surface area contributed by atoms with E-state index < -0.39 is 0 Å². The van der Waals surface area contributed by atoms with Crippen molar-refractivity contribution in [1.82, 2.24) is 10.2 Å². The van der Waals surface area contributed by atoms with Gasteiger partial charge in [-0.3, -0.25) is 19.3 Å². The average molecular weight is 495 g/mol. The fourth-order valence-corrected chi connectivity index (χ4v) is 3.54. The zero-order chi connectivity index (χ0) is 25.2. The van der Waals surface area contributed by atoms with Crippen LogP contribution in [0.1, 0.15) is 15.9 Å². The Morgan fingerprint density at radius 1 is 0.857 bits per heavy atom. The molecule has 0 saturated heterocycles. The minimum Gasteiger partial charge on any atom is -0.495 e. The molecule has 0 radical (unpaired) electrons. The van der Waals surface area contributed by atoms with Crippen LogP contribution >= 0.6 is 11.6 Å². The first-order valence-electron chi connectivity index (χ1n) is 10.9. The van der Waals surface area contributed by atoms with Crippen molar-refractivity contribution < 1.29 is 19.1 Å². The van der Waals surface area contributed by atoms with Crippen LogP contribution in [0.25, 0.3) is 0 Å². The number of halogens is 1. The smallest absolute Gasteiger partial charge is 0.253 e. The minimum absolute atomic E-state index is 0.0394. The summed E-state index contributed by atoms with van der Waals surface area (Å²) in [6, 6.07) is 21.2. The van der Waals surface area contributed by atoms with E-state index in [0.717, 1.165) is 5.56 Å². The average Bonchev–Trinajstić information content (AvgIpc) is 2.83. The first-order chi connectivity index (χ1) is 16.9. The number of nitrogens with one attached hydrogen (secondary N) is 3. The Hall–Kier alpha value is -3.88. The van der Waals surface area contributed by atoms with Gasteiger partial charge < -0.3 is 20.7 Å². The van der Waals surface area contributed by atoms with Crippen LogP contribution in [0.3, 0.4) is 0 Å². The van der Waals surface area contributed by atoms with Crippen molar-refractivity contribution in [3.8, 4) is 5.75 Å². The number of nitrogens with zero attached hydrogens (tertiary/aromatic N) is 1. The maximum Gasteiger partial charge on any atom is 0.253 e. The highest BCUT2D eigenvalue weighted by atomic mass is 35.5. The SMILES string of the molecule is COc1ccc(Cl)cc1NC(=O)CN(C)CC(=O)Nc1ccccc1C(=O)NCc1ccccc1. The number of carbonyl (C=O) groups is 3. The summed E-state index contributed by atoms with van der Waals surface area (Å²) >= 11 is 6.00. The molecule has 0 aliphatic heterocycles. The summed E-state index contributed by atoms with van der Waals surface area (Å²) in [5.74, 6) is -0.510. The molecule has 9 heteroatoms.